The predicted molar refractivity (Wildman–Crippen MR) is 90.8 cm³/mol. The number of nitrogens with one attached hydrogen (secondary N) is 1. The van der Waals surface area contributed by atoms with Crippen molar-refractivity contribution in [2.75, 3.05) is 5.73 Å². The van der Waals surface area contributed by atoms with Crippen LogP contribution in [-0.4, -0.2) is 11.9 Å². The van der Waals surface area contributed by atoms with Crippen LogP contribution in [0.4, 0.5) is 5.69 Å². The first kappa shape index (κ1) is 17.8. The van der Waals surface area contributed by atoms with Gasteiger partial charge in [0.15, 0.2) is 0 Å². The van der Waals surface area contributed by atoms with E-state index in [4.69, 9.17) is 5.73 Å². The molecule has 0 radical (unpaired) electrons. The predicted octanol–water partition coefficient (Wildman–Crippen LogP) is 4.03. The van der Waals surface area contributed by atoms with Gasteiger partial charge in [0.1, 0.15) is 0 Å². The van der Waals surface area contributed by atoms with Gasteiger partial charge < -0.3 is 11.1 Å². The summed E-state index contributed by atoms with van der Waals surface area (Å²) in [5.74, 6) is 0.541. The summed E-state index contributed by atoms with van der Waals surface area (Å²) >= 11 is 0. The number of anilines is 1. The highest BCUT2D eigenvalue weighted by Gasteiger charge is 2.34. The summed E-state index contributed by atoms with van der Waals surface area (Å²) in [5, 5.41) is 3.22. The number of rotatable bonds is 2. The minimum absolute atomic E-state index is 0. The molecule has 0 spiro atoms. The van der Waals surface area contributed by atoms with Crippen molar-refractivity contribution in [3.05, 3.63) is 29.8 Å². The maximum Gasteiger partial charge on any atom is 0.251 e. The van der Waals surface area contributed by atoms with E-state index in [-0.39, 0.29) is 29.8 Å². The lowest BCUT2D eigenvalue weighted by Crippen LogP contribution is -2.46. The van der Waals surface area contributed by atoms with Crippen molar-refractivity contribution < 1.29 is 4.79 Å². The third-order valence-corrected chi connectivity index (χ3v) is 4.34. The Morgan fingerprint density at radius 3 is 2.52 bits per heavy atom. The molecular weight excluding hydrogens is 284 g/mol. The minimum Gasteiger partial charge on any atom is -0.399 e. The fourth-order valence-corrected chi connectivity index (χ4v) is 3.27. The van der Waals surface area contributed by atoms with Crippen LogP contribution in [0.1, 0.15) is 56.8 Å². The summed E-state index contributed by atoms with van der Waals surface area (Å²) in [6.07, 6.45) is 4.75. The molecule has 0 heterocycles. The van der Waals surface area contributed by atoms with E-state index in [2.05, 4.69) is 26.1 Å². The van der Waals surface area contributed by atoms with Gasteiger partial charge in [0.2, 0.25) is 0 Å². The second-order valence-corrected chi connectivity index (χ2v) is 6.96. The van der Waals surface area contributed by atoms with Crippen molar-refractivity contribution in [2.45, 2.75) is 52.5 Å². The Morgan fingerprint density at radius 2 is 1.90 bits per heavy atom. The highest BCUT2D eigenvalue weighted by Crippen LogP contribution is 2.38. The van der Waals surface area contributed by atoms with Crippen molar-refractivity contribution in [2.24, 2.45) is 11.3 Å². The average Bonchev–Trinajstić information content (AvgIpc) is 2.38. The molecule has 1 amide bonds. The molecule has 1 aliphatic carbocycles. The van der Waals surface area contributed by atoms with Gasteiger partial charge in [-0.2, -0.15) is 0 Å². The normalized spacial score (nSPS) is 22.2. The van der Waals surface area contributed by atoms with Crippen LogP contribution in [0.3, 0.4) is 0 Å². The Morgan fingerprint density at radius 1 is 1.24 bits per heavy atom. The van der Waals surface area contributed by atoms with Crippen molar-refractivity contribution >= 4 is 24.0 Å². The van der Waals surface area contributed by atoms with Gasteiger partial charge in [0, 0.05) is 17.3 Å². The molecule has 4 heteroatoms. The summed E-state index contributed by atoms with van der Waals surface area (Å²) < 4.78 is 0. The number of halogens is 1. The summed E-state index contributed by atoms with van der Waals surface area (Å²) in [6, 6.07) is 7.46. The smallest absolute Gasteiger partial charge is 0.251 e. The first-order valence-corrected chi connectivity index (χ1v) is 7.54. The molecule has 0 aliphatic heterocycles. The standard InChI is InChI=1S/C17H26N2O.ClH/c1-17(2,3)14-9-4-5-10-15(14)19-16(20)12-7-6-8-13(18)11-12;/h6-8,11,14-15H,4-5,9-10,18H2,1-3H3,(H,19,20);1H. The third-order valence-electron chi connectivity index (χ3n) is 4.34. The Hall–Kier alpha value is -1.22. The summed E-state index contributed by atoms with van der Waals surface area (Å²) in [4.78, 5) is 12.4. The number of carbonyl (C=O) groups is 1. The van der Waals surface area contributed by atoms with Gasteiger partial charge in [-0.1, -0.05) is 39.7 Å². The molecule has 21 heavy (non-hydrogen) atoms. The summed E-state index contributed by atoms with van der Waals surface area (Å²) in [6.45, 7) is 6.80. The van der Waals surface area contributed by atoms with Crippen molar-refractivity contribution in [3.8, 4) is 0 Å². The molecule has 2 unspecified atom stereocenters. The molecule has 1 aliphatic rings. The zero-order valence-electron chi connectivity index (χ0n) is 13.2. The van der Waals surface area contributed by atoms with Crippen molar-refractivity contribution in [1.29, 1.82) is 0 Å². The third kappa shape index (κ3) is 4.63. The van der Waals surface area contributed by atoms with Crippen LogP contribution >= 0.6 is 12.4 Å². The molecule has 2 rings (SSSR count). The van der Waals surface area contributed by atoms with E-state index < -0.39 is 0 Å². The van der Waals surface area contributed by atoms with Crippen LogP contribution in [0.15, 0.2) is 24.3 Å². The van der Waals surface area contributed by atoms with Gasteiger partial charge in [0.25, 0.3) is 5.91 Å². The first-order valence-electron chi connectivity index (χ1n) is 7.54. The van der Waals surface area contributed by atoms with Crippen LogP contribution in [0.25, 0.3) is 0 Å². The highest BCUT2D eigenvalue weighted by molar-refractivity contribution is 5.95. The van der Waals surface area contributed by atoms with Gasteiger partial charge in [0.05, 0.1) is 0 Å². The van der Waals surface area contributed by atoms with Crippen LogP contribution in [0.2, 0.25) is 0 Å². The van der Waals surface area contributed by atoms with E-state index in [1.54, 1.807) is 12.1 Å². The Labute approximate surface area is 134 Å². The quantitative estimate of drug-likeness (QED) is 0.810. The number of amides is 1. The van der Waals surface area contributed by atoms with Crippen LogP contribution < -0.4 is 11.1 Å². The maximum atomic E-state index is 12.4. The number of hydrogen-bond acceptors (Lipinski definition) is 2. The number of hydrogen-bond donors (Lipinski definition) is 2. The second kappa shape index (κ2) is 7.17. The van der Waals surface area contributed by atoms with E-state index in [0.29, 0.717) is 17.2 Å². The molecule has 2 atom stereocenters. The van der Waals surface area contributed by atoms with Crippen molar-refractivity contribution in [1.82, 2.24) is 5.32 Å². The molecule has 3 N–H and O–H groups in total. The number of benzene rings is 1. The van der Waals surface area contributed by atoms with Crippen LogP contribution in [0, 0.1) is 11.3 Å². The number of carbonyl (C=O) groups excluding carboxylic acids is 1. The van der Waals surface area contributed by atoms with Gasteiger partial charge in [-0.25, -0.2) is 0 Å². The Bertz CT molecular complexity index is 482. The Kier molecular flexibility index (Phi) is 6.09. The van der Waals surface area contributed by atoms with E-state index in [9.17, 15) is 4.79 Å². The van der Waals surface area contributed by atoms with Gasteiger partial charge in [-0.15, -0.1) is 12.4 Å². The minimum atomic E-state index is -0.00144. The lowest BCUT2D eigenvalue weighted by atomic mass is 9.69. The van der Waals surface area contributed by atoms with E-state index in [0.717, 1.165) is 6.42 Å². The summed E-state index contributed by atoms with van der Waals surface area (Å²) in [5.41, 5.74) is 7.27. The second-order valence-electron chi connectivity index (χ2n) is 6.96. The highest BCUT2D eigenvalue weighted by atomic mass is 35.5. The molecule has 118 valence electrons. The fourth-order valence-electron chi connectivity index (χ4n) is 3.27. The van der Waals surface area contributed by atoms with E-state index in [1.165, 1.54) is 19.3 Å². The molecule has 3 nitrogen and oxygen atoms in total. The fraction of sp³-hybridized carbons (Fsp3) is 0.588. The number of nitrogens with two attached hydrogens (primary N) is 1. The number of nitrogen functional groups attached to an aromatic ring is 1. The zero-order chi connectivity index (χ0) is 14.8. The van der Waals surface area contributed by atoms with E-state index >= 15 is 0 Å². The maximum absolute atomic E-state index is 12.4. The molecule has 1 fully saturated rings. The van der Waals surface area contributed by atoms with Crippen LogP contribution in [-0.2, 0) is 0 Å². The van der Waals surface area contributed by atoms with Crippen LogP contribution in [0.5, 0.6) is 0 Å². The van der Waals surface area contributed by atoms with Gasteiger partial charge in [-0.05, 0) is 42.4 Å². The first-order chi connectivity index (χ1) is 9.38. The molecule has 0 aromatic heterocycles. The monoisotopic (exact) mass is 310 g/mol. The van der Waals surface area contributed by atoms with Crippen molar-refractivity contribution in [3.63, 3.8) is 0 Å². The van der Waals surface area contributed by atoms with Gasteiger partial charge >= 0.3 is 0 Å². The largest absolute Gasteiger partial charge is 0.399 e. The summed E-state index contributed by atoms with van der Waals surface area (Å²) in [7, 11) is 0. The van der Waals surface area contributed by atoms with Gasteiger partial charge in [-0.3, -0.25) is 4.79 Å². The zero-order valence-corrected chi connectivity index (χ0v) is 14.0. The molecule has 1 aromatic rings. The molecular formula is C17H27ClN2O. The Balaban J connectivity index is 0.00000220. The average molecular weight is 311 g/mol. The topological polar surface area (TPSA) is 55.1 Å². The lowest BCUT2D eigenvalue weighted by Gasteiger charge is -2.40. The molecule has 1 aromatic carbocycles. The lowest BCUT2D eigenvalue weighted by molar-refractivity contribution is 0.0830. The SMILES string of the molecule is CC(C)(C)C1CCCCC1NC(=O)c1cccc(N)c1.Cl. The molecule has 0 bridgehead atoms. The molecule has 0 saturated heterocycles. The molecule has 1 saturated carbocycles. The van der Waals surface area contributed by atoms with E-state index in [1.807, 2.05) is 12.1 Å².